The monoisotopic (exact) mass is 342 g/mol. The summed E-state index contributed by atoms with van der Waals surface area (Å²) < 4.78 is 5.82. The highest BCUT2D eigenvalue weighted by molar-refractivity contribution is 5.87. The quantitative estimate of drug-likeness (QED) is 0.772. The third-order valence-electron chi connectivity index (χ3n) is 5.16. The maximum atomic E-state index is 12.7. The summed E-state index contributed by atoms with van der Waals surface area (Å²) in [6, 6.07) is 9.80. The molecule has 5 heteroatoms. The number of amides is 2. The molecule has 0 bridgehead atoms. The number of ether oxygens (including phenoxy) is 1. The van der Waals surface area contributed by atoms with Gasteiger partial charge in [-0.25, -0.2) is 0 Å². The van der Waals surface area contributed by atoms with Gasteiger partial charge in [0.15, 0.2) is 0 Å². The molecule has 25 heavy (non-hydrogen) atoms. The summed E-state index contributed by atoms with van der Waals surface area (Å²) in [5.74, 6) is 1.53. The van der Waals surface area contributed by atoms with Crippen LogP contribution < -0.4 is 4.74 Å². The zero-order chi connectivity index (χ0) is 17.6. The lowest BCUT2D eigenvalue weighted by molar-refractivity contribution is -0.138. The van der Waals surface area contributed by atoms with Crippen LogP contribution in [-0.4, -0.2) is 54.4 Å². The van der Waals surface area contributed by atoms with Gasteiger partial charge in [0.05, 0.1) is 6.61 Å². The number of likely N-dealkylation sites (tertiary alicyclic amines) is 2. The molecular weight excluding hydrogens is 316 g/mol. The first-order valence-corrected chi connectivity index (χ1v) is 9.05. The fourth-order valence-corrected chi connectivity index (χ4v) is 3.63. The molecule has 134 valence electrons. The molecule has 1 aromatic rings. The maximum absolute atomic E-state index is 12.7. The van der Waals surface area contributed by atoms with Crippen LogP contribution in [0.1, 0.15) is 19.3 Å². The highest BCUT2D eigenvalue weighted by atomic mass is 16.5. The summed E-state index contributed by atoms with van der Waals surface area (Å²) in [7, 11) is 0. The van der Waals surface area contributed by atoms with Gasteiger partial charge in [-0.05, 0) is 37.5 Å². The number of benzene rings is 1. The summed E-state index contributed by atoms with van der Waals surface area (Å²) in [6.45, 7) is 7.06. The van der Waals surface area contributed by atoms with Crippen LogP contribution in [0.15, 0.2) is 43.0 Å². The van der Waals surface area contributed by atoms with Gasteiger partial charge in [0.2, 0.25) is 11.8 Å². The maximum Gasteiger partial charge on any atom is 0.245 e. The molecule has 2 aliphatic rings. The molecule has 0 aromatic heterocycles. The Kier molecular flexibility index (Phi) is 5.74. The molecule has 2 aliphatic heterocycles. The lowest BCUT2D eigenvalue weighted by Gasteiger charge is -2.32. The summed E-state index contributed by atoms with van der Waals surface area (Å²) in [5.41, 5.74) is 0. The smallest absolute Gasteiger partial charge is 0.245 e. The van der Waals surface area contributed by atoms with Gasteiger partial charge in [-0.1, -0.05) is 24.8 Å². The van der Waals surface area contributed by atoms with Gasteiger partial charge in [0.25, 0.3) is 0 Å². The standard InChI is InChI=1S/C20H26N2O3/c1-2-19(23)21-12-9-17(10-13-21)20(24)22-11-8-16(14-22)15-25-18-6-4-3-5-7-18/h2-7,16-17H,1,8-15H2. The number of carbonyl (C=O) groups excluding carboxylic acids is 2. The Balaban J connectivity index is 1.43. The van der Waals surface area contributed by atoms with Crippen molar-refractivity contribution in [3.8, 4) is 5.75 Å². The van der Waals surface area contributed by atoms with Crippen molar-refractivity contribution >= 4 is 11.8 Å². The Morgan fingerprint density at radius 3 is 2.44 bits per heavy atom. The molecular formula is C20H26N2O3. The molecule has 0 saturated carbocycles. The average Bonchev–Trinajstić information content (AvgIpc) is 3.15. The third kappa shape index (κ3) is 4.41. The van der Waals surface area contributed by atoms with Crippen molar-refractivity contribution in [2.45, 2.75) is 19.3 Å². The average molecular weight is 342 g/mol. The second-order valence-corrected chi connectivity index (χ2v) is 6.87. The van der Waals surface area contributed by atoms with E-state index in [1.165, 1.54) is 6.08 Å². The van der Waals surface area contributed by atoms with E-state index in [0.717, 1.165) is 38.1 Å². The molecule has 1 unspecified atom stereocenters. The minimum Gasteiger partial charge on any atom is -0.493 e. The van der Waals surface area contributed by atoms with Crippen LogP contribution >= 0.6 is 0 Å². The molecule has 1 aromatic carbocycles. The molecule has 1 atom stereocenters. The van der Waals surface area contributed by atoms with E-state index >= 15 is 0 Å². The van der Waals surface area contributed by atoms with Gasteiger partial charge in [0, 0.05) is 38.0 Å². The van der Waals surface area contributed by atoms with Gasteiger partial charge in [0.1, 0.15) is 5.75 Å². The van der Waals surface area contributed by atoms with Crippen LogP contribution in [0.2, 0.25) is 0 Å². The summed E-state index contributed by atoms with van der Waals surface area (Å²) in [4.78, 5) is 28.1. The molecule has 2 amide bonds. The number of rotatable bonds is 5. The summed E-state index contributed by atoms with van der Waals surface area (Å²) in [5, 5.41) is 0. The van der Waals surface area contributed by atoms with Crippen molar-refractivity contribution in [2.24, 2.45) is 11.8 Å². The second kappa shape index (κ2) is 8.19. The number of hydrogen-bond acceptors (Lipinski definition) is 3. The molecule has 5 nitrogen and oxygen atoms in total. The fourth-order valence-electron chi connectivity index (χ4n) is 3.63. The van der Waals surface area contributed by atoms with E-state index in [0.29, 0.717) is 25.6 Å². The predicted octanol–water partition coefficient (Wildman–Crippen LogP) is 2.34. The molecule has 0 radical (unpaired) electrons. The second-order valence-electron chi connectivity index (χ2n) is 6.87. The van der Waals surface area contributed by atoms with E-state index in [2.05, 4.69) is 6.58 Å². The van der Waals surface area contributed by atoms with Crippen molar-refractivity contribution in [3.63, 3.8) is 0 Å². The van der Waals surface area contributed by atoms with Crippen molar-refractivity contribution in [1.29, 1.82) is 0 Å². The Hall–Kier alpha value is -2.30. The molecule has 0 N–H and O–H groups in total. The predicted molar refractivity (Wildman–Crippen MR) is 96.1 cm³/mol. The number of carbonyl (C=O) groups is 2. The topological polar surface area (TPSA) is 49.9 Å². The Morgan fingerprint density at radius 1 is 1.08 bits per heavy atom. The normalized spacial score (nSPS) is 21.2. The van der Waals surface area contributed by atoms with Gasteiger partial charge in [-0.3, -0.25) is 9.59 Å². The highest BCUT2D eigenvalue weighted by Crippen LogP contribution is 2.25. The third-order valence-corrected chi connectivity index (χ3v) is 5.16. The van der Waals surface area contributed by atoms with Crippen LogP contribution in [0.3, 0.4) is 0 Å². The number of piperidine rings is 1. The van der Waals surface area contributed by atoms with E-state index in [9.17, 15) is 9.59 Å². The van der Waals surface area contributed by atoms with Crippen LogP contribution in [0.5, 0.6) is 5.75 Å². The van der Waals surface area contributed by atoms with Crippen molar-refractivity contribution in [3.05, 3.63) is 43.0 Å². The van der Waals surface area contributed by atoms with E-state index in [1.54, 1.807) is 4.90 Å². The minimum atomic E-state index is -0.0369. The summed E-state index contributed by atoms with van der Waals surface area (Å²) in [6.07, 6.45) is 3.84. The van der Waals surface area contributed by atoms with Crippen LogP contribution in [-0.2, 0) is 9.59 Å². The van der Waals surface area contributed by atoms with E-state index in [1.807, 2.05) is 35.2 Å². The van der Waals surface area contributed by atoms with Gasteiger partial charge in [-0.2, -0.15) is 0 Å². The SMILES string of the molecule is C=CC(=O)N1CCC(C(=O)N2CCC(COc3ccccc3)C2)CC1. The van der Waals surface area contributed by atoms with Crippen molar-refractivity contribution in [2.75, 3.05) is 32.8 Å². The first-order chi connectivity index (χ1) is 12.2. The Morgan fingerprint density at radius 2 is 1.76 bits per heavy atom. The lowest BCUT2D eigenvalue weighted by atomic mass is 9.95. The van der Waals surface area contributed by atoms with E-state index in [-0.39, 0.29) is 17.7 Å². The van der Waals surface area contributed by atoms with Crippen LogP contribution in [0, 0.1) is 11.8 Å². The van der Waals surface area contributed by atoms with Crippen molar-refractivity contribution in [1.82, 2.24) is 9.80 Å². The minimum absolute atomic E-state index is 0.0369. The molecule has 3 rings (SSSR count). The number of nitrogens with zero attached hydrogens (tertiary/aromatic N) is 2. The van der Waals surface area contributed by atoms with Crippen LogP contribution in [0.4, 0.5) is 0 Å². The lowest BCUT2D eigenvalue weighted by Crippen LogP contribution is -2.43. The molecule has 0 spiro atoms. The van der Waals surface area contributed by atoms with Gasteiger partial charge in [-0.15, -0.1) is 0 Å². The number of hydrogen-bond donors (Lipinski definition) is 0. The van der Waals surface area contributed by atoms with Crippen molar-refractivity contribution < 1.29 is 14.3 Å². The van der Waals surface area contributed by atoms with Crippen LogP contribution in [0.25, 0.3) is 0 Å². The Labute approximate surface area is 149 Å². The van der Waals surface area contributed by atoms with Gasteiger partial charge < -0.3 is 14.5 Å². The molecule has 2 heterocycles. The van der Waals surface area contributed by atoms with E-state index < -0.39 is 0 Å². The number of para-hydroxylation sites is 1. The van der Waals surface area contributed by atoms with Gasteiger partial charge >= 0.3 is 0 Å². The zero-order valence-corrected chi connectivity index (χ0v) is 14.6. The highest BCUT2D eigenvalue weighted by Gasteiger charge is 2.33. The van der Waals surface area contributed by atoms with E-state index in [4.69, 9.17) is 4.74 Å². The fraction of sp³-hybridized carbons (Fsp3) is 0.500. The molecule has 2 fully saturated rings. The zero-order valence-electron chi connectivity index (χ0n) is 14.6. The molecule has 0 aliphatic carbocycles. The first kappa shape index (κ1) is 17.5. The molecule has 2 saturated heterocycles. The Bertz CT molecular complexity index is 609. The first-order valence-electron chi connectivity index (χ1n) is 9.05. The summed E-state index contributed by atoms with van der Waals surface area (Å²) >= 11 is 0. The largest absolute Gasteiger partial charge is 0.493 e.